The van der Waals surface area contributed by atoms with Gasteiger partial charge in [-0.15, -0.1) is 0 Å². The number of rotatable bonds is 7. The molecule has 2 heterocycles. The van der Waals surface area contributed by atoms with Crippen LogP contribution in [0.5, 0.6) is 5.75 Å². The molecule has 0 spiro atoms. The number of nitrogens with zero attached hydrogens (tertiary/aromatic N) is 5. The lowest BCUT2D eigenvalue weighted by Crippen LogP contribution is -2.47. The Bertz CT molecular complexity index is 740. The summed E-state index contributed by atoms with van der Waals surface area (Å²) in [6.45, 7) is 8.44. The quantitative estimate of drug-likeness (QED) is 0.818. The fraction of sp³-hybridized carbons (Fsp3) is 0.474. The van der Waals surface area contributed by atoms with E-state index < -0.39 is 0 Å². The highest BCUT2D eigenvalue weighted by Gasteiger charge is 2.17. The average molecular weight is 354 g/mol. The van der Waals surface area contributed by atoms with Crippen LogP contribution in [0.4, 0.5) is 11.5 Å². The third kappa shape index (κ3) is 4.27. The monoisotopic (exact) mass is 354 g/mol. The molecule has 1 aromatic carbocycles. The Morgan fingerprint density at radius 3 is 2.50 bits per heavy atom. The normalized spacial score (nSPS) is 15.0. The lowest BCUT2D eigenvalue weighted by Gasteiger charge is -2.36. The van der Waals surface area contributed by atoms with E-state index in [0.717, 1.165) is 51.5 Å². The van der Waals surface area contributed by atoms with Crippen LogP contribution in [0.15, 0.2) is 30.5 Å². The Balaban J connectivity index is 1.46. The minimum atomic E-state index is 0.446. The lowest BCUT2D eigenvalue weighted by molar-refractivity contribution is 0.245. The summed E-state index contributed by atoms with van der Waals surface area (Å²) in [4.78, 5) is 4.80. The van der Waals surface area contributed by atoms with Crippen LogP contribution in [-0.4, -0.2) is 54.0 Å². The standard InChI is InChI=1S/C19H26N6O/c1-2-13-26-18-5-3-17(4-6-18)24-10-7-23(8-11-24)9-12-25-19(21)16(14-20)15-22-25/h3-6,15H,2,7-13,21H2,1H3. The summed E-state index contributed by atoms with van der Waals surface area (Å²) in [5, 5.41) is 13.1. The zero-order chi connectivity index (χ0) is 18.4. The maximum absolute atomic E-state index is 8.94. The second-order valence-electron chi connectivity index (χ2n) is 6.45. The van der Waals surface area contributed by atoms with E-state index in [1.54, 1.807) is 4.68 Å². The van der Waals surface area contributed by atoms with Gasteiger partial charge in [0.1, 0.15) is 23.2 Å². The van der Waals surface area contributed by atoms with Crippen molar-refractivity contribution in [3.63, 3.8) is 0 Å². The van der Waals surface area contributed by atoms with Crippen LogP contribution >= 0.6 is 0 Å². The SMILES string of the molecule is CCCOc1ccc(N2CCN(CCn3ncc(C#N)c3N)CC2)cc1. The van der Waals surface area contributed by atoms with E-state index in [-0.39, 0.29) is 0 Å². The minimum Gasteiger partial charge on any atom is -0.494 e. The average Bonchev–Trinajstić information content (AvgIpc) is 3.05. The van der Waals surface area contributed by atoms with E-state index in [2.05, 4.69) is 40.0 Å². The number of anilines is 2. The van der Waals surface area contributed by atoms with E-state index in [9.17, 15) is 0 Å². The molecule has 7 heteroatoms. The Morgan fingerprint density at radius 2 is 1.88 bits per heavy atom. The molecule has 1 aliphatic heterocycles. The van der Waals surface area contributed by atoms with Crippen LogP contribution < -0.4 is 15.4 Å². The molecule has 0 bridgehead atoms. The van der Waals surface area contributed by atoms with Crippen molar-refractivity contribution in [2.45, 2.75) is 19.9 Å². The van der Waals surface area contributed by atoms with Gasteiger partial charge in [-0.05, 0) is 30.7 Å². The van der Waals surface area contributed by atoms with Crippen LogP contribution in [-0.2, 0) is 6.54 Å². The van der Waals surface area contributed by atoms with Gasteiger partial charge in [-0.3, -0.25) is 4.90 Å². The third-order valence-corrected chi connectivity index (χ3v) is 4.68. The molecule has 2 aromatic rings. The van der Waals surface area contributed by atoms with Gasteiger partial charge in [-0.1, -0.05) is 6.92 Å². The summed E-state index contributed by atoms with van der Waals surface area (Å²) in [5.41, 5.74) is 7.60. The first-order valence-electron chi connectivity index (χ1n) is 9.13. The largest absolute Gasteiger partial charge is 0.494 e. The van der Waals surface area contributed by atoms with Crippen LogP contribution in [0.25, 0.3) is 0 Å². The van der Waals surface area contributed by atoms with Gasteiger partial charge in [0.15, 0.2) is 0 Å². The van der Waals surface area contributed by atoms with E-state index in [0.29, 0.717) is 17.9 Å². The number of benzene rings is 1. The van der Waals surface area contributed by atoms with Crippen molar-refractivity contribution in [2.75, 3.05) is 50.0 Å². The molecule has 2 N–H and O–H groups in total. The van der Waals surface area contributed by atoms with Gasteiger partial charge in [-0.2, -0.15) is 10.4 Å². The Hall–Kier alpha value is -2.72. The molecule has 1 aromatic heterocycles. The van der Waals surface area contributed by atoms with Crippen molar-refractivity contribution in [1.82, 2.24) is 14.7 Å². The summed E-state index contributed by atoms with van der Waals surface area (Å²) in [7, 11) is 0. The first-order chi connectivity index (χ1) is 12.7. The Kier molecular flexibility index (Phi) is 5.97. The van der Waals surface area contributed by atoms with Crippen molar-refractivity contribution >= 4 is 11.5 Å². The predicted octanol–water partition coefficient (Wildman–Crippen LogP) is 1.95. The summed E-state index contributed by atoms with van der Waals surface area (Å²) >= 11 is 0. The Morgan fingerprint density at radius 1 is 1.15 bits per heavy atom. The van der Waals surface area contributed by atoms with Crippen molar-refractivity contribution in [3.8, 4) is 11.8 Å². The molecule has 0 radical (unpaired) electrons. The van der Waals surface area contributed by atoms with Crippen LogP contribution in [0.1, 0.15) is 18.9 Å². The van der Waals surface area contributed by atoms with Crippen LogP contribution in [0, 0.1) is 11.3 Å². The molecule has 3 rings (SSSR count). The zero-order valence-electron chi connectivity index (χ0n) is 15.3. The molecule has 7 nitrogen and oxygen atoms in total. The van der Waals surface area contributed by atoms with E-state index in [1.807, 2.05) is 12.1 Å². The first kappa shape index (κ1) is 18.1. The number of nitrogen functional groups attached to an aromatic ring is 1. The zero-order valence-corrected chi connectivity index (χ0v) is 15.3. The molecular weight excluding hydrogens is 328 g/mol. The van der Waals surface area contributed by atoms with Crippen molar-refractivity contribution < 1.29 is 4.74 Å². The maximum atomic E-state index is 8.94. The highest BCUT2D eigenvalue weighted by molar-refractivity contribution is 5.49. The van der Waals surface area contributed by atoms with E-state index in [4.69, 9.17) is 15.7 Å². The predicted molar refractivity (Wildman–Crippen MR) is 102 cm³/mol. The maximum Gasteiger partial charge on any atom is 0.139 e. The van der Waals surface area contributed by atoms with Gasteiger partial charge < -0.3 is 15.4 Å². The molecule has 1 saturated heterocycles. The number of nitrogens with two attached hydrogens (primary N) is 1. The summed E-state index contributed by atoms with van der Waals surface area (Å²) < 4.78 is 7.35. The summed E-state index contributed by atoms with van der Waals surface area (Å²) in [6.07, 6.45) is 2.55. The van der Waals surface area contributed by atoms with Gasteiger partial charge in [0.05, 0.1) is 19.3 Å². The molecule has 0 atom stereocenters. The number of hydrogen-bond donors (Lipinski definition) is 1. The molecular formula is C19H26N6O. The molecule has 1 fully saturated rings. The van der Waals surface area contributed by atoms with Crippen LogP contribution in [0.2, 0.25) is 0 Å². The lowest BCUT2D eigenvalue weighted by atomic mass is 10.2. The second kappa shape index (κ2) is 8.59. The topological polar surface area (TPSA) is 83.3 Å². The second-order valence-corrected chi connectivity index (χ2v) is 6.45. The summed E-state index contributed by atoms with van der Waals surface area (Å²) in [6, 6.07) is 10.4. The van der Waals surface area contributed by atoms with Gasteiger partial charge in [0.25, 0.3) is 0 Å². The number of nitriles is 1. The molecule has 138 valence electrons. The van der Waals surface area contributed by atoms with Gasteiger partial charge in [0, 0.05) is 38.4 Å². The van der Waals surface area contributed by atoms with Crippen molar-refractivity contribution in [2.24, 2.45) is 0 Å². The van der Waals surface area contributed by atoms with Crippen LogP contribution in [0.3, 0.4) is 0 Å². The first-order valence-corrected chi connectivity index (χ1v) is 9.13. The highest BCUT2D eigenvalue weighted by atomic mass is 16.5. The minimum absolute atomic E-state index is 0.446. The molecule has 26 heavy (non-hydrogen) atoms. The van der Waals surface area contributed by atoms with E-state index >= 15 is 0 Å². The Labute approximate surface area is 154 Å². The molecule has 0 amide bonds. The highest BCUT2D eigenvalue weighted by Crippen LogP contribution is 2.21. The number of ether oxygens (including phenoxy) is 1. The number of aromatic nitrogens is 2. The summed E-state index contributed by atoms with van der Waals surface area (Å²) in [5.74, 6) is 1.39. The van der Waals surface area contributed by atoms with Gasteiger partial charge >= 0.3 is 0 Å². The fourth-order valence-electron chi connectivity index (χ4n) is 3.10. The van der Waals surface area contributed by atoms with Gasteiger partial charge in [-0.25, -0.2) is 4.68 Å². The van der Waals surface area contributed by atoms with Crippen molar-refractivity contribution in [1.29, 1.82) is 5.26 Å². The smallest absolute Gasteiger partial charge is 0.139 e. The molecule has 0 aliphatic carbocycles. The molecule has 0 saturated carbocycles. The van der Waals surface area contributed by atoms with E-state index in [1.165, 1.54) is 11.9 Å². The van der Waals surface area contributed by atoms with Crippen molar-refractivity contribution in [3.05, 3.63) is 36.0 Å². The molecule has 1 aliphatic rings. The molecule has 0 unspecified atom stereocenters. The van der Waals surface area contributed by atoms with Gasteiger partial charge in [0.2, 0.25) is 0 Å². The third-order valence-electron chi connectivity index (χ3n) is 4.68. The fourth-order valence-corrected chi connectivity index (χ4v) is 3.10. The number of piperazine rings is 1. The number of hydrogen-bond acceptors (Lipinski definition) is 6.